The van der Waals surface area contributed by atoms with Gasteiger partial charge in [-0.3, -0.25) is 9.36 Å². The third-order valence-electron chi connectivity index (χ3n) is 6.21. The van der Waals surface area contributed by atoms with Gasteiger partial charge in [-0.05, 0) is 36.0 Å². The summed E-state index contributed by atoms with van der Waals surface area (Å²) in [4.78, 5) is 15.1. The first-order valence-corrected chi connectivity index (χ1v) is 12.6. The van der Waals surface area contributed by atoms with Gasteiger partial charge in [-0.15, -0.1) is 10.2 Å². The van der Waals surface area contributed by atoms with Crippen LogP contribution in [0, 0.1) is 0 Å². The van der Waals surface area contributed by atoms with Crippen LogP contribution in [-0.4, -0.2) is 52.7 Å². The van der Waals surface area contributed by atoms with Crippen molar-refractivity contribution in [3.05, 3.63) is 71.3 Å². The Bertz CT molecular complexity index is 1080. The Morgan fingerprint density at radius 2 is 1.85 bits per heavy atom. The number of anilines is 1. The summed E-state index contributed by atoms with van der Waals surface area (Å²) in [6.07, 6.45) is 3.17. The average molecular weight is 464 g/mol. The zero-order chi connectivity index (χ0) is 22.5. The summed E-state index contributed by atoms with van der Waals surface area (Å²) in [5.74, 6) is 1.18. The molecular weight excluding hydrogens is 434 g/mol. The van der Waals surface area contributed by atoms with E-state index in [2.05, 4.69) is 61.4 Å². The molecule has 0 saturated carbocycles. The van der Waals surface area contributed by atoms with E-state index in [-0.39, 0.29) is 11.9 Å². The van der Waals surface area contributed by atoms with Crippen LogP contribution in [0.1, 0.15) is 35.6 Å². The number of aryl methyl sites for hydroxylation is 1. The van der Waals surface area contributed by atoms with Crippen molar-refractivity contribution in [2.24, 2.45) is 0 Å². The van der Waals surface area contributed by atoms with Crippen LogP contribution in [0.15, 0.2) is 59.8 Å². The number of hydrogen-bond donors (Lipinski definition) is 1. The van der Waals surface area contributed by atoms with Gasteiger partial charge in [0.15, 0.2) is 5.16 Å². The predicted molar refractivity (Wildman–Crippen MR) is 130 cm³/mol. The first-order valence-electron chi connectivity index (χ1n) is 11.6. The third kappa shape index (κ3) is 5.23. The lowest BCUT2D eigenvalue weighted by atomic mass is 9.88. The number of morpholine rings is 1. The van der Waals surface area contributed by atoms with E-state index in [1.54, 1.807) is 0 Å². The van der Waals surface area contributed by atoms with E-state index in [1.165, 1.54) is 28.5 Å². The van der Waals surface area contributed by atoms with Crippen LogP contribution in [0.4, 0.5) is 5.95 Å². The molecule has 3 aromatic rings. The van der Waals surface area contributed by atoms with Crippen molar-refractivity contribution in [2.75, 3.05) is 37.0 Å². The van der Waals surface area contributed by atoms with Gasteiger partial charge < -0.3 is 15.0 Å². The molecule has 0 unspecified atom stereocenters. The zero-order valence-electron chi connectivity index (χ0n) is 18.7. The van der Waals surface area contributed by atoms with Crippen LogP contribution in [0.5, 0.6) is 0 Å². The Kier molecular flexibility index (Phi) is 6.92. The molecule has 1 aromatic heterocycles. The quantitative estimate of drug-likeness (QED) is 0.541. The molecule has 0 spiro atoms. The van der Waals surface area contributed by atoms with E-state index < -0.39 is 0 Å². The molecule has 172 valence electrons. The molecule has 8 heteroatoms. The molecule has 1 amide bonds. The number of nitrogens with zero attached hydrogens (tertiary/aromatic N) is 4. The number of thioether (sulfide) groups is 1. The van der Waals surface area contributed by atoms with E-state index in [9.17, 15) is 4.79 Å². The number of aromatic nitrogens is 3. The molecule has 1 atom stereocenters. The van der Waals surface area contributed by atoms with Gasteiger partial charge in [0.1, 0.15) is 0 Å². The highest BCUT2D eigenvalue weighted by molar-refractivity contribution is 7.99. The molecule has 1 aliphatic carbocycles. The highest BCUT2D eigenvalue weighted by atomic mass is 32.2. The summed E-state index contributed by atoms with van der Waals surface area (Å²) in [7, 11) is 0. The summed E-state index contributed by atoms with van der Waals surface area (Å²) in [6, 6.07) is 18.8. The molecule has 0 bridgehead atoms. The largest absolute Gasteiger partial charge is 0.378 e. The van der Waals surface area contributed by atoms with Gasteiger partial charge in [0, 0.05) is 13.1 Å². The second-order valence-electron chi connectivity index (χ2n) is 8.45. The van der Waals surface area contributed by atoms with Gasteiger partial charge in [-0.1, -0.05) is 66.4 Å². The normalized spacial score (nSPS) is 18.1. The maximum absolute atomic E-state index is 12.9. The van der Waals surface area contributed by atoms with Crippen molar-refractivity contribution in [1.29, 1.82) is 0 Å². The van der Waals surface area contributed by atoms with Gasteiger partial charge in [0.05, 0.1) is 31.6 Å². The second-order valence-corrected chi connectivity index (χ2v) is 9.40. The number of amides is 1. The maximum Gasteiger partial charge on any atom is 0.230 e. The Morgan fingerprint density at radius 1 is 1.06 bits per heavy atom. The van der Waals surface area contributed by atoms with Crippen LogP contribution < -0.4 is 10.2 Å². The van der Waals surface area contributed by atoms with Crippen molar-refractivity contribution in [3.8, 4) is 0 Å². The van der Waals surface area contributed by atoms with E-state index in [1.807, 2.05) is 18.2 Å². The predicted octanol–water partition coefficient (Wildman–Crippen LogP) is 3.45. The fourth-order valence-corrected chi connectivity index (χ4v) is 5.30. The standard InChI is InChI=1S/C25H29N5O2S/c31-23(26-22-12-6-10-20-9-4-5-11-21(20)22)18-33-25-28-27-24(29-13-15-32-16-14-29)30(25)17-19-7-2-1-3-8-19/h1-5,7-9,11,22H,6,10,12-18H2,(H,26,31)/t22-/m0/s1. The number of fused-ring (bicyclic) bond motifs is 1. The summed E-state index contributed by atoms with van der Waals surface area (Å²) >= 11 is 1.45. The molecule has 1 aliphatic heterocycles. The third-order valence-corrected chi connectivity index (χ3v) is 7.18. The number of carbonyl (C=O) groups excluding carboxylic acids is 1. The minimum atomic E-state index is 0.0314. The Morgan fingerprint density at radius 3 is 2.70 bits per heavy atom. The summed E-state index contributed by atoms with van der Waals surface area (Å²) in [5, 5.41) is 12.9. The van der Waals surface area contributed by atoms with Gasteiger partial charge in [0.25, 0.3) is 0 Å². The molecule has 1 N–H and O–H groups in total. The van der Waals surface area contributed by atoms with Crippen molar-refractivity contribution >= 4 is 23.6 Å². The summed E-state index contributed by atoms with van der Waals surface area (Å²) in [6.45, 7) is 3.62. The molecule has 2 heterocycles. The SMILES string of the molecule is O=C(CSc1nnc(N2CCOCC2)n1Cc1ccccc1)N[C@H]1CCCc2ccccc21. The lowest BCUT2D eigenvalue weighted by Crippen LogP contribution is -2.38. The van der Waals surface area contributed by atoms with Crippen molar-refractivity contribution in [2.45, 2.75) is 37.0 Å². The van der Waals surface area contributed by atoms with E-state index >= 15 is 0 Å². The van der Waals surface area contributed by atoms with E-state index in [0.717, 1.165) is 43.5 Å². The Balaban J connectivity index is 1.29. The molecule has 1 fully saturated rings. The summed E-state index contributed by atoms with van der Waals surface area (Å²) in [5.41, 5.74) is 3.78. The number of rotatable bonds is 7. The van der Waals surface area contributed by atoms with Crippen LogP contribution in [-0.2, 0) is 22.5 Å². The zero-order valence-corrected chi connectivity index (χ0v) is 19.5. The van der Waals surface area contributed by atoms with Gasteiger partial charge in [0.2, 0.25) is 11.9 Å². The molecule has 5 rings (SSSR count). The van der Waals surface area contributed by atoms with Gasteiger partial charge in [-0.25, -0.2) is 0 Å². The maximum atomic E-state index is 12.9. The molecular formula is C25H29N5O2S. The first-order chi connectivity index (χ1) is 16.3. The van der Waals surface area contributed by atoms with Crippen LogP contribution in [0.3, 0.4) is 0 Å². The van der Waals surface area contributed by atoms with Crippen LogP contribution >= 0.6 is 11.8 Å². The number of carbonyl (C=O) groups is 1. The topological polar surface area (TPSA) is 72.3 Å². The Labute approximate surface area is 198 Å². The van der Waals surface area contributed by atoms with Crippen LogP contribution in [0.25, 0.3) is 0 Å². The first kappa shape index (κ1) is 22.0. The molecule has 2 aromatic carbocycles. The minimum absolute atomic E-state index is 0.0314. The number of benzene rings is 2. The average Bonchev–Trinajstić information content (AvgIpc) is 3.26. The van der Waals surface area contributed by atoms with E-state index in [0.29, 0.717) is 25.5 Å². The van der Waals surface area contributed by atoms with Gasteiger partial charge in [-0.2, -0.15) is 0 Å². The fourth-order valence-electron chi connectivity index (χ4n) is 4.56. The molecule has 0 radical (unpaired) electrons. The minimum Gasteiger partial charge on any atom is -0.378 e. The lowest BCUT2D eigenvalue weighted by Gasteiger charge is -2.28. The molecule has 2 aliphatic rings. The van der Waals surface area contributed by atoms with Crippen molar-refractivity contribution in [1.82, 2.24) is 20.1 Å². The lowest BCUT2D eigenvalue weighted by molar-refractivity contribution is -0.119. The number of ether oxygens (including phenoxy) is 1. The van der Waals surface area contributed by atoms with Gasteiger partial charge >= 0.3 is 0 Å². The van der Waals surface area contributed by atoms with Crippen molar-refractivity contribution < 1.29 is 9.53 Å². The smallest absolute Gasteiger partial charge is 0.230 e. The highest BCUT2D eigenvalue weighted by Gasteiger charge is 2.24. The molecule has 7 nitrogen and oxygen atoms in total. The monoisotopic (exact) mass is 463 g/mol. The van der Waals surface area contributed by atoms with Crippen molar-refractivity contribution in [3.63, 3.8) is 0 Å². The van der Waals surface area contributed by atoms with Crippen LogP contribution in [0.2, 0.25) is 0 Å². The fraction of sp³-hybridized carbons (Fsp3) is 0.400. The highest BCUT2D eigenvalue weighted by Crippen LogP contribution is 2.30. The number of nitrogens with one attached hydrogen (secondary N) is 1. The Hall–Kier alpha value is -2.84. The van der Waals surface area contributed by atoms with E-state index in [4.69, 9.17) is 4.74 Å². The molecule has 1 saturated heterocycles. The number of hydrogen-bond acceptors (Lipinski definition) is 6. The molecule has 33 heavy (non-hydrogen) atoms. The summed E-state index contributed by atoms with van der Waals surface area (Å²) < 4.78 is 7.62. The second kappa shape index (κ2) is 10.4.